The highest BCUT2D eigenvalue weighted by Gasteiger charge is 2.23. The fourth-order valence-corrected chi connectivity index (χ4v) is 9.33. The van der Waals surface area contributed by atoms with Gasteiger partial charge in [-0.1, -0.05) is 133 Å². The van der Waals surface area contributed by atoms with Crippen molar-refractivity contribution in [2.75, 3.05) is 4.90 Å². The third-order valence-electron chi connectivity index (χ3n) is 10.8. The smallest absolute Gasteiger partial charge is 0.0468 e. The van der Waals surface area contributed by atoms with E-state index >= 15 is 0 Å². The summed E-state index contributed by atoms with van der Waals surface area (Å²) in [6.07, 6.45) is 0. The van der Waals surface area contributed by atoms with Crippen LogP contribution in [0.4, 0.5) is 17.1 Å². The van der Waals surface area contributed by atoms with E-state index in [4.69, 9.17) is 0 Å². The highest BCUT2D eigenvalue weighted by Crippen LogP contribution is 2.49. The first-order valence-electron chi connectivity index (χ1n) is 17.8. The normalized spacial score (nSPS) is 11.8. The number of benzene rings is 9. The summed E-state index contributed by atoms with van der Waals surface area (Å²) in [4.78, 5) is 3.68. The minimum atomic E-state index is 1.12. The van der Waals surface area contributed by atoms with Gasteiger partial charge in [-0.2, -0.15) is 0 Å². The lowest BCUT2D eigenvalue weighted by Gasteiger charge is -2.26. The highest BCUT2D eigenvalue weighted by atomic mass is 32.1. The molecule has 0 amide bonds. The third kappa shape index (κ3) is 4.62. The summed E-state index contributed by atoms with van der Waals surface area (Å²) in [7, 11) is 0. The Hall–Kier alpha value is -6.48. The van der Waals surface area contributed by atoms with Gasteiger partial charge in [-0.15, -0.1) is 11.3 Å². The van der Waals surface area contributed by atoms with Crippen molar-refractivity contribution in [3.63, 3.8) is 0 Å². The summed E-state index contributed by atoms with van der Waals surface area (Å²) in [5.74, 6) is 0. The molecule has 11 rings (SSSR count). The van der Waals surface area contributed by atoms with Crippen LogP contribution in [0.25, 0.3) is 86.2 Å². The van der Waals surface area contributed by atoms with E-state index in [1.807, 2.05) is 11.3 Å². The number of fused-ring (bicyclic) bond motifs is 7. The molecule has 1 aliphatic rings. The number of hydrogen-bond acceptors (Lipinski definition) is 2. The van der Waals surface area contributed by atoms with Crippen LogP contribution >= 0.6 is 11.3 Å². The highest BCUT2D eigenvalue weighted by molar-refractivity contribution is 7.22. The van der Waals surface area contributed by atoms with E-state index < -0.39 is 0 Å². The van der Waals surface area contributed by atoms with Crippen molar-refractivity contribution in [1.29, 1.82) is 0 Å². The molecule has 0 atom stereocenters. The molecule has 0 fully saturated rings. The van der Waals surface area contributed by atoms with Gasteiger partial charge in [-0.05, 0) is 131 Å². The van der Waals surface area contributed by atoms with Crippen LogP contribution in [0, 0.1) is 0 Å². The molecule has 0 aliphatic heterocycles. The first kappa shape index (κ1) is 29.3. The Kier molecular flexibility index (Phi) is 6.49. The molecule has 0 spiro atoms. The second kappa shape index (κ2) is 11.5. The van der Waals surface area contributed by atoms with Gasteiger partial charge in [0.15, 0.2) is 0 Å². The molecule has 1 aliphatic carbocycles. The fraction of sp³-hybridized carbons (Fsp3) is 0. The van der Waals surface area contributed by atoms with Gasteiger partial charge < -0.3 is 4.90 Å². The molecule has 9 aromatic carbocycles. The molecule has 0 unspecified atom stereocenters. The molecule has 242 valence electrons. The first-order valence-corrected chi connectivity index (χ1v) is 18.6. The van der Waals surface area contributed by atoms with Gasteiger partial charge in [0.2, 0.25) is 0 Å². The van der Waals surface area contributed by atoms with Gasteiger partial charge in [0.05, 0.1) is 0 Å². The molecule has 1 heterocycles. The quantitative estimate of drug-likeness (QED) is 0.164. The number of rotatable bonds is 5. The molecule has 1 aromatic heterocycles. The number of hydrogen-bond donors (Lipinski definition) is 0. The molecular formula is C50H31NS. The first-order chi connectivity index (χ1) is 25.7. The van der Waals surface area contributed by atoms with Crippen LogP contribution in [-0.2, 0) is 0 Å². The van der Waals surface area contributed by atoms with Crippen LogP contribution < -0.4 is 4.90 Å². The van der Waals surface area contributed by atoms with E-state index in [1.165, 1.54) is 86.2 Å². The SMILES string of the molecule is c1ccc2sc(-c3ccc(N(c4ccc(-c5ccc6c(ccc7ccccc76)c5)cc4)c4ccc5c(c4)-c4cccc6cccc-5c46)cc3)cc2c1. The monoisotopic (exact) mass is 677 g/mol. The van der Waals surface area contributed by atoms with E-state index in [0.717, 1.165) is 17.1 Å². The minimum Gasteiger partial charge on any atom is -0.310 e. The molecule has 1 nitrogen and oxygen atoms in total. The largest absolute Gasteiger partial charge is 0.310 e. The van der Waals surface area contributed by atoms with Crippen LogP contribution in [0.2, 0.25) is 0 Å². The third-order valence-corrected chi connectivity index (χ3v) is 12.0. The molecule has 0 N–H and O–H groups in total. The topological polar surface area (TPSA) is 3.24 Å². The van der Waals surface area contributed by atoms with Crippen molar-refractivity contribution in [2.24, 2.45) is 0 Å². The summed E-state index contributed by atoms with van der Waals surface area (Å²) in [5, 5.41) is 9.05. The Morgan fingerprint density at radius 3 is 1.73 bits per heavy atom. The summed E-state index contributed by atoms with van der Waals surface area (Å²) < 4.78 is 1.32. The Labute approximate surface area is 306 Å². The Bertz CT molecular complexity index is 2970. The van der Waals surface area contributed by atoms with Crippen LogP contribution in [0.3, 0.4) is 0 Å². The van der Waals surface area contributed by atoms with Crippen molar-refractivity contribution in [3.8, 4) is 43.8 Å². The van der Waals surface area contributed by atoms with Crippen molar-refractivity contribution in [1.82, 2.24) is 0 Å². The lowest BCUT2D eigenvalue weighted by molar-refractivity contribution is 1.29. The zero-order chi connectivity index (χ0) is 34.2. The maximum absolute atomic E-state index is 2.40. The van der Waals surface area contributed by atoms with Crippen molar-refractivity contribution >= 4 is 70.8 Å². The van der Waals surface area contributed by atoms with Crippen LogP contribution in [0.15, 0.2) is 188 Å². The van der Waals surface area contributed by atoms with Crippen LogP contribution in [-0.4, -0.2) is 0 Å². The van der Waals surface area contributed by atoms with Gasteiger partial charge >= 0.3 is 0 Å². The molecule has 0 radical (unpaired) electrons. The van der Waals surface area contributed by atoms with Crippen molar-refractivity contribution in [3.05, 3.63) is 188 Å². The molecule has 0 bridgehead atoms. The van der Waals surface area contributed by atoms with Gasteiger partial charge in [0, 0.05) is 26.6 Å². The number of anilines is 3. The van der Waals surface area contributed by atoms with Gasteiger partial charge in [0.1, 0.15) is 0 Å². The zero-order valence-electron chi connectivity index (χ0n) is 28.3. The number of thiophene rings is 1. The van der Waals surface area contributed by atoms with Crippen LogP contribution in [0.1, 0.15) is 0 Å². The fourth-order valence-electron chi connectivity index (χ4n) is 8.26. The average molecular weight is 678 g/mol. The van der Waals surface area contributed by atoms with Crippen molar-refractivity contribution in [2.45, 2.75) is 0 Å². The number of nitrogens with zero attached hydrogens (tertiary/aromatic N) is 1. The summed E-state index contributed by atoms with van der Waals surface area (Å²) in [5.41, 5.74) is 12.3. The van der Waals surface area contributed by atoms with E-state index in [9.17, 15) is 0 Å². The summed E-state index contributed by atoms with van der Waals surface area (Å²) >= 11 is 1.85. The summed E-state index contributed by atoms with van der Waals surface area (Å²) in [6, 6.07) is 69.3. The van der Waals surface area contributed by atoms with Crippen LogP contribution in [0.5, 0.6) is 0 Å². The average Bonchev–Trinajstić information content (AvgIpc) is 3.79. The predicted octanol–water partition coefficient (Wildman–Crippen LogP) is 14.8. The van der Waals surface area contributed by atoms with E-state index in [2.05, 4.69) is 193 Å². The van der Waals surface area contributed by atoms with E-state index in [1.54, 1.807) is 0 Å². The standard InChI is InChI=1S/C50H31NS/c1-3-11-42-33(7-1)15-16-37-29-36(21-27-43(37)42)32-17-22-39(23-18-32)51(40-24-19-34(20-25-40)49-30-38-8-2-4-14-48(38)52-49)41-26-28-44-45-12-5-9-35-10-6-13-46(50(35)45)47(44)31-41/h1-31H. The lowest BCUT2D eigenvalue weighted by atomic mass is 9.97. The second-order valence-corrected chi connectivity index (χ2v) is 14.8. The maximum atomic E-state index is 2.40. The summed E-state index contributed by atoms with van der Waals surface area (Å²) in [6.45, 7) is 0. The van der Waals surface area contributed by atoms with Gasteiger partial charge in [-0.25, -0.2) is 0 Å². The van der Waals surface area contributed by atoms with Gasteiger partial charge in [0.25, 0.3) is 0 Å². The predicted molar refractivity (Wildman–Crippen MR) is 224 cm³/mol. The second-order valence-electron chi connectivity index (χ2n) is 13.7. The molecule has 10 aromatic rings. The molecule has 2 heteroatoms. The minimum absolute atomic E-state index is 1.12. The molecule has 0 saturated carbocycles. The zero-order valence-corrected chi connectivity index (χ0v) is 29.1. The van der Waals surface area contributed by atoms with Crippen molar-refractivity contribution < 1.29 is 0 Å². The molecule has 52 heavy (non-hydrogen) atoms. The van der Waals surface area contributed by atoms with E-state index in [-0.39, 0.29) is 0 Å². The van der Waals surface area contributed by atoms with E-state index in [0.29, 0.717) is 0 Å². The van der Waals surface area contributed by atoms with Gasteiger partial charge in [-0.3, -0.25) is 0 Å². The lowest BCUT2D eigenvalue weighted by Crippen LogP contribution is -2.10. The molecular weight excluding hydrogens is 647 g/mol. The Morgan fingerprint density at radius 1 is 0.327 bits per heavy atom. The Balaban J connectivity index is 1.01. The Morgan fingerprint density at radius 2 is 0.942 bits per heavy atom. The molecule has 0 saturated heterocycles. The maximum Gasteiger partial charge on any atom is 0.0468 e.